The summed E-state index contributed by atoms with van der Waals surface area (Å²) in [7, 11) is 0. The van der Waals surface area contributed by atoms with Crippen LogP contribution in [0.3, 0.4) is 0 Å². The molecular formula is C5H5N3O2. The van der Waals surface area contributed by atoms with E-state index >= 15 is 0 Å². The van der Waals surface area contributed by atoms with Crippen LogP contribution in [-0.2, 0) is 0 Å². The number of nitrogen functional groups attached to an aromatic ring is 1. The van der Waals surface area contributed by atoms with Gasteiger partial charge in [-0.25, -0.2) is 4.40 Å². The maximum absolute atomic E-state index is 8.98. The Morgan fingerprint density at radius 3 is 3.20 bits per heavy atom. The van der Waals surface area contributed by atoms with Crippen LogP contribution in [0.2, 0.25) is 0 Å². The Labute approximate surface area is 55.7 Å². The predicted octanol–water partition coefficient (Wildman–Crippen LogP) is 0.215. The normalized spacial score (nSPS) is 10.8. The van der Waals surface area contributed by atoms with Crippen LogP contribution in [0.15, 0.2) is 16.9 Å². The third-order valence-corrected chi connectivity index (χ3v) is 1.27. The van der Waals surface area contributed by atoms with Crippen molar-refractivity contribution >= 4 is 11.7 Å². The van der Waals surface area contributed by atoms with Crippen LogP contribution in [0.5, 0.6) is 5.88 Å². The number of nitrogens with zero attached hydrogens (tertiary/aromatic N) is 2. The van der Waals surface area contributed by atoms with Gasteiger partial charge in [0.15, 0.2) is 0 Å². The molecule has 10 heavy (non-hydrogen) atoms. The zero-order valence-corrected chi connectivity index (χ0v) is 4.98. The summed E-state index contributed by atoms with van der Waals surface area (Å²) >= 11 is 0. The molecule has 2 rings (SSSR count). The zero-order valence-electron chi connectivity index (χ0n) is 4.98. The number of oxazole rings is 1. The van der Waals surface area contributed by atoms with E-state index in [0.717, 1.165) is 0 Å². The lowest BCUT2D eigenvalue weighted by Gasteiger charge is -1.79. The Hall–Kier alpha value is -1.65. The first-order chi connectivity index (χ1) is 4.79. The first-order valence-corrected chi connectivity index (χ1v) is 2.69. The minimum atomic E-state index is -0.178. The van der Waals surface area contributed by atoms with Crippen molar-refractivity contribution in [1.29, 1.82) is 0 Å². The SMILES string of the molecule is Nc1nc(O)c2occn12. The van der Waals surface area contributed by atoms with Gasteiger partial charge >= 0.3 is 0 Å². The second kappa shape index (κ2) is 1.44. The molecule has 2 aromatic heterocycles. The Bertz CT molecular complexity index is 330. The molecule has 5 heteroatoms. The van der Waals surface area contributed by atoms with Crippen molar-refractivity contribution in [1.82, 2.24) is 9.38 Å². The van der Waals surface area contributed by atoms with E-state index in [2.05, 4.69) is 4.98 Å². The number of nitrogens with two attached hydrogens (primary N) is 1. The first kappa shape index (κ1) is 5.16. The summed E-state index contributed by atoms with van der Waals surface area (Å²) in [6.07, 6.45) is 3.00. The van der Waals surface area contributed by atoms with Crippen molar-refractivity contribution in [3.05, 3.63) is 12.5 Å². The second-order valence-electron chi connectivity index (χ2n) is 1.87. The van der Waals surface area contributed by atoms with Gasteiger partial charge in [0.25, 0.3) is 11.6 Å². The molecule has 5 nitrogen and oxygen atoms in total. The fourth-order valence-corrected chi connectivity index (χ4v) is 0.831. The maximum atomic E-state index is 8.98. The number of rotatable bonds is 0. The molecule has 2 heterocycles. The van der Waals surface area contributed by atoms with Gasteiger partial charge < -0.3 is 15.3 Å². The van der Waals surface area contributed by atoms with E-state index in [9.17, 15) is 0 Å². The monoisotopic (exact) mass is 139 g/mol. The van der Waals surface area contributed by atoms with Crippen LogP contribution in [0.4, 0.5) is 5.95 Å². The summed E-state index contributed by atoms with van der Waals surface area (Å²) in [6, 6.07) is 0. The molecule has 0 aliphatic heterocycles. The minimum Gasteiger partial charge on any atom is -0.489 e. The van der Waals surface area contributed by atoms with Gasteiger partial charge in [-0.1, -0.05) is 0 Å². The third kappa shape index (κ3) is 0.439. The molecule has 0 bridgehead atoms. The number of aromatic nitrogens is 2. The highest BCUT2D eigenvalue weighted by Crippen LogP contribution is 2.19. The highest BCUT2D eigenvalue weighted by Gasteiger charge is 2.08. The molecule has 0 aliphatic carbocycles. The molecule has 0 atom stereocenters. The lowest BCUT2D eigenvalue weighted by atomic mass is 10.8. The highest BCUT2D eigenvalue weighted by atomic mass is 16.4. The Morgan fingerprint density at radius 2 is 2.50 bits per heavy atom. The van der Waals surface area contributed by atoms with Crippen LogP contribution >= 0.6 is 0 Å². The van der Waals surface area contributed by atoms with Gasteiger partial charge in [0.05, 0.1) is 6.20 Å². The molecule has 0 saturated carbocycles. The van der Waals surface area contributed by atoms with Gasteiger partial charge in [-0.15, -0.1) is 0 Å². The Balaban J connectivity index is 2.98. The van der Waals surface area contributed by atoms with Gasteiger partial charge in [0.2, 0.25) is 5.95 Å². The summed E-state index contributed by atoms with van der Waals surface area (Å²) < 4.78 is 6.29. The number of hydrogen-bond donors (Lipinski definition) is 2. The third-order valence-electron chi connectivity index (χ3n) is 1.27. The molecule has 0 amide bonds. The molecule has 0 fully saturated rings. The summed E-state index contributed by atoms with van der Waals surface area (Å²) in [5.41, 5.74) is 5.63. The molecular weight excluding hydrogens is 134 g/mol. The summed E-state index contributed by atoms with van der Waals surface area (Å²) in [4.78, 5) is 3.55. The fraction of sp³-hybridized carbons (Fsp3) is 0. The number of hydrogen-bond acceptors (Lipinski definition) is 4. The van der Waals surface area contributed by atoms with E-state index in [1.54, 1.807) is 6.20 Å². The smallest absolute Gasteiger partial charge is 0.277 e. The van der Waals surface area contributed by atoms with Crippen molar-refractivity contribution in [2.75, 3.05) is 5.73 Å². The molecule has 0 aliphatic rings. The molecule has 2 aromatic rings. The van der Waals surface area contributed by atoms with E-state index in [0.29, 0.717) is 0 Å². The molecule has 3 N–H and O–H groups in total. The van der Waals surface area contributed by atoms with E-state index < -0.39 is 0 Å². The molecule has 0 unspecified atom stereocenters. The van der Waals surface area contributed by atoms with Crippen LogP contribution in [0, 0.1) is 0 Å². The number of anilines is 1. The Morgan fingerprint density at radius 1 is 1.70 bits per heavy atom. The lowest BCUT2D eigenvalue weighted by Crippen LogP contribution is -1.89. The lowest BCUT2D eigenvalue weighted by molar-refractivity contribution is 0.447. The standard InChI is InChI=1S/C5H5N3O2/c6-5-7-3(9)4-8(5)1-2-10-4/h1-2,9H,(H2,6,7). The van der Waals surface area contributed by atoms with Gasteiger partial charge in [-0.3, -0.25) is 0 Å². The largest absolute Gasteiger partial charge is 0.489 e. The van der Waals surface area contributed by atoms with Gasteiger partial charge in [-0.2, -0.15) is 4.98 Å². The van der Waals surface area contributed by atoms with Crippen molar-refractivity contribution in [3.63, 3.8) is 0 Å². The summed E-state index contributed by atoms with van der Waals surface area (Å²) in [5, 5.41) is 8.98. The molecule has 0 saturated heterocycles. The Kier molecular flexibility index (Phi) is 0.743. The van der Waals surface area contributed by atoms with Crippen molar-refractivity contribution < 1.29 is 9.52 Å². The van der Waals surface area contributed by atoms with E-state index in [4.69, 9.17) is 15.3 Å². The first-order valence-electron chi connectivity index (χ1n) is 2.69. The van der Waals surface area contributed by atoms with Gasteiger partial charge in [-0.05, 0) is 0 Å². The molecule has 0 radical (unpaired) electrons. The van der Waals surface area contributed by atoms with Gasteiger partial charge in [0, 0.05) is 0 Å². The van der Waals surface area contributed by atoms with Crippen LogP contribution in [0.25, 0.3) is 5.71 Å². The van der Waals surface area contributed by atoms with Crippen LogP contribution in [-0.4, -0.2) is 14.5 Å². The zero-order chi connectivity index (χ0) is 7.14. The number of imidazole rings is 1. The maximum Gasteiger partial charge on any atom is 0.277 e. The second-order valence-corrected chi connectivity index (χ2v) is 1.87. The summed E-state index contributed by atoms with van der Waals surface area (Å²) in [5.74, 6) is 0.0451. The van der Waals surface area contributed by atoms with Crippen LogP contribution < -0.4 is 5.73 Å². The van der Waals surface area contributed by atoms with Crippen molar-refractivity contribution in [3.8, 4) is 5.88 Å². The minimum absolute atomic E-state index is 0.178. The predicted molar refractivity (Wildman–Crippen MR) is 33.5 cm³/mol. The number of fused-ring (bicyclic) bond motifs is 1. The average Bonchev–Trinajstić information content (AvgIpc) is 2.39. The van der Waals surface area contributed by atoms with E-state index in [-0.39, 0.29) is 17.5 Å². The topological polar surface area (TPSA) is 76.7 Å². The molecule has 52 valence electrons. The quantitative estimate of drug-likeness (QED) is 0.547. The number of aromatic hydroxyl groups is 1. The van der Waals surface area contributed by atoms with Crippen molar-refractivity contribution in [2.45, 2.75) is 0 Å². The van der Waals surface area contributed by atoms with Crippen LogP contribution in [0.1, 0.15) is 0 Å². The molecule has 0 aromatic carbocycles. The van der Waals surface area contributed by atoms with E-state index in [1.165, 1.54) is 10.7 Å². The average molecular weight is 139 g/mol. The molecule has 0 spiro atoms. The van der Waals surface area contributed by atoms with E-state index in [1.807, 2.05) is 0 Å². The van der Waals surface area contributed by atoms with Gasteiger partial charge in [0.1, 0.15) is 6.26 Å². The van der Waals surface area contributed by atoms with Crippen molar-refractivity contribution in [2.24, 2.45) is 0 Å². The fourth-order valence-electron chi connectivity index (χ4n) is 0.831. The highest BCUT2D eigenvalue weighted by molar-refractivity contribution is 5.51. The summed E-state index contributed by atoms with van der Waals surface area (Å²) in [6.45, 7) is 0.